The van der Waals surface area contributed by atoms with Crippen LogP contribution in [0.1, 0.15) is 20.3 Å². The largest absolute Gasteiger partial charge is 0.463 e. The predicted octanol–water partition coefficient (Wildman–Crippen LogP) is 2.20. The summed E-state index contributed by atoms with van der Waals surface area (Å²) < 4.78 is 18.9. The Morgan fingerprint density at radius 3 is 2.87 bits per heavy atom. The Morgan fingerprint density at radius 2 is 2.33 bits per heavy atom. The number of esters is 1. The molecule has 0 amide bonds. The molecule has 15 heavy (non-hydrogen) atoms. The van der Waals surface area contributed by atoms with Crippen LogP contribution in [-0.2, 0) is 13.7 Å². The molecule has 1 atom stereocenters. The summed E-state index contributed by atoms with van der Waals surface area (Å²) in [4.78, 5) is 11.3. The first-order chi connectivity index (χ1) is 7.08. The Kier molecular flexibility index (Phi) is 5.25. The van der Waals surface area contributed by atoms with Gasteiger partial charge >= 0.3 is 5.97 Å². The molecule has 1 unspecified atom stereocenters. The van der Waals surface area contributed by atoms with Crippen LogP contribution in [0.15, 0.2) is 0 Å². The number of hydrogen-bond donors (Lipinski definition) is 1. The van der Waals surface area contributed by atoms with E-state index in [1.807, 2.05) is 13.8 Å². The van der Waals surface area contributed by atoms with Gasteiger partial charge in [-0.2, -0.15) is 0 Å². The van der Waals surface area contributed by atoms with E-state index in [4.69, 9.17) is 13.5 Å². The lowest BCUT2D eigenvalue weighted by Crippen LogP contribution is -2.31. The second-order valence-corrected chi connectivity index (χ2v) is 5.58. The van der Waals surface area contributed by atoms with E-state index in [9.17, 15) is 4.79 Å². The maximum absolute atomic E-state index is 11.3. The van der Waals surface area contributed by atoms with Crippen LogP contribution in [0.2, 0.25) is 0 Å². The molecular formula is C9H16O4S2. The van der Waals surface area contributed by atoms with Crippen LogP contribution < -0.4 is 0 Å². The van der Waals surface area contributed by atoms with Gasteiger partial charge in [0.05, 0.1) is 6.61 Å². The van der Waals surface area contributed by atoms with E-state index in [1.165, 1.54) is 12.0 Å². The molecule has 0 aromatic heterocycles. The second kappa shape index (κ2) is 5.98. The zero-order chi connectivity index (χ0) is 11.3. The van der Waals surface area contributed by atoms with Crippen molar-refractivity contribution in [3.05, 3.63) is 0 Å². The fraction of sp³-hybridized carbons (Fsp3) is 0.889. The van der Waals surface area contributed by atoms with Crippen molar-refractivity contribution in [2.75, 3.05) is 18.1 Å². The van der Waals surface area contributed by atoms with Crippen LogP contribution in [-0.4, -0.2) is 34.7 Å². The minimum Gasteiger partial charge on any atom is -0.463 e. The van der Waals surface area contributed by atoms with E-state index in [0.29, 0.717) is 12.4 Å². The number of rotatable bonds is 6. The van der Waals surface area contributed by atoms with Crippen LogP contribution >= 0.6 is 24.1 Å². The fourth-order valence-electron chi connectivity index (χ4n) is 1.20. The zero-order valence-corrected chi connectivity index (χ0v) is 10.5. The Morgan fingerprint density at radius 1 is 1.60 bits per heavy atom. The van der Waals surface area contributed by atoms with E-state index in [-0.39, 0.29) is 11.4 Å². The minimum absolute atomic E-state index is 0.240. The molecule has 0 aromatic carbocycles. The molecule has 1 heterocycles. The molecule has 0 saturated carbocycles. The molecule has 1 rings (SSSR count). The Balaban J connectivity index is 2.22. The lowest BCUT2D eigenvalue weighted by atomic mass is 9.90. The standard InChI is InChI=1S/C9H16O4S2/c1-9(2)6-12-8(10)7(9)13-15-5-3-4-14-11/h7,11H,3-6H2,1-2H3. The van der Waals surface area contributed by atoms with Crippen molar-refractivity contribution >= 4 is 30.1 Å². The summed E-state index contributed by atoms with van der Waals surface area (Å²) in [6, 6.07) is 0. The van der Waals surface area contributed by atoms with Gasteiger partial charge in [-0.15, -0.1) is 0 Å². The first kappa shape index (κ1) is 13.2. The summed E-state index contributed by atoms with van der Waals surface area (Å²) >= 11 is 2.10. The summed E-state index contributed by atoms with van der Waals surface area (Å²) in [5.41, 5.74) is -0.240. The third kappa shape index (κ3) is 3.86. The summed E-state index contributed by atoms with van der Waals surface area (Å²) in [5.74, 6) is 1.19. The molecule has 0 spiro atoms. The van der Waals surface area contributed by atoms with Crippen LogP contribution in [0, 0.1) is 5.41 Å². The lowest BCUT2D eigenvalue weighted by Gasteiger charge is -2.20. The summed E-state index contributed by atoms with van der Waals surface area (Å²) in [7, 11) is 0. The van der Waals surface area contributed by atoms with Gasteiger partial charge < -0.3 is 9.29 Å². The minimum atomic E-state index is -0.468. The average molecular weight is 252 g/mol. The molecule has 1 saturated heterocycles. The maximum atomic E-state index is 11.3. The van der Waals surface area contributed by atoms with Crippen molar-refractivity contribution in [3.8, 4) is 0 Å². The number of carbonyl (C=O) groups excluding carboxylic acids is 1. The SMILES string of the molecule is CC1(C)COC(=O)C1OSCCCSO. The third-order valence-corrected chi connectivity index (χ3v) is 3.39. The monoisotopic (exact) mass is 252 g/mol. The van der Waals surface area contributed by atoms with Crippen molar-refractivity contribution in [2.45, 2.75) is 26.4 Å². The molecule has 1 fully saturated rings. The Hall–Kier alpha value is 0.0900. The van der Waals surface area contributed by atoms with Crippen molar-refractivity contribution < 1.29 is 18.3 Å². The molecule has 88 valence electrons. The highest BCUT2D eigenvalue weighted by Gasteiger charge is 2.44. The van der Waals surface area contributed by atoms with Gasteiger partial charge in [-0.25, -0.2) is 4.79 Å². The molecule has 4 nitrogen and oxygen atoms in total. The number of hydrogen-bond acceptors (Lipinski definition) is 6. The van der Waals surface area contributed by atoms with Gasteiger partial charge in [-0.3, -0.25) is 4.18 Å². The van der Waals surface area contributed by atoms with Gasteiger partial charge in [0.2, 0.25) is 0 Å². The van der Waals surface area contributed by atoms with E-state index >= 15 is 0 Å². The third-order valence-electron chi connectivity index (χ3n) is 2.14. The van der Waals surface area contributed by atoms with Crippen LogP contribution in [0.25, 0.3) is 0 Å². The van der Waals surface area contributed by atoms with Crippen LogP contribution in [0.5, 0.6) is 0 Å². The highest BCUT2D eigenvalue weighted by Crippen LogP contribution is 2.33. The topological polar surface area (TPSA) is 55.8 Å². The van der Waals surface area contributed by atoms with Gasteiger partial charge in [0, 0.05) is 16.9 Å². The summed E-state index contributed by atoms with van der Waals surface area (Å²) in [6.07, 6.45) is 0.387. The molecule has 1 aliphatic rings. The number of carbonyl (C=O) groups is 1. The average Bonchev–Trinajstić information content (AvgIpc) is 2.43. The highest BCUT2D eigenvalue weighted by atomic mass is 32.2. The summed E-state index contributed by atoms with van der Waals surface area (Å²) in [6.45, 7) is 4.32. The normalized spacial score (nSPS) is 24.2. The van der Waals surface area contributed by atoms with Crippen molar-refractivity contribution in [2.24, 2.45) is 5.41 Å². The quantitative estimate of drug-likeness (QED) is 0.444. The van der Waals surface area contributed by atoms with Gasteiger partial charge in [0.1, 0.15) is 0 Å². The van der Waals surface area contributed by atoms with Crippen molar-refractivity contribution in [1.82, 2.24) is 0 Å². The van der Waals surface area contributed by atoms with Crippen LogP contribution in [0.4, 0.5) is 0 Å². The van der Waals surface area contributed by atoms with E-state index in [1.54, 1.807) is 0 Å². The van der Waals surface area contributed by atoms with Gasteiger partial charge in [0.15, 0.2) is 6.10 Å². The molecule has 0 aromatic rings. The first-order valence-corrected chi connectivity index (χ1v) is 6.64. The number of cyclic esters (lactones) is 1. The zero-order valence-electron chi connectivity index (χ0n) is 8.89. The van der Waals surface area contributed by atoms with Gasteiger partial charge in [0.25, 0.3) is 0 Å². The first-order valence-electron chi connectivity index (χ1n) is 4.79. The molecule has 0 bridgehead atoms. The molecule has 0 aliphatic carbocycles. The molecule has 1 N–H and O–H groups in total. The Labute approximate surface area is 98.5 Å². The summed E-state index contributed by atoms with van der Waals surface area (Å²) in [5, 5.41) is 0. The molecule has 6 heteroatoms. The number of ether oxygens (including phenoxy) is 1. The lowest BCUT2D eigenvalue weighted by molar-refractivity contribution is -0.143. The van der Waals surface area contributed by atoms with Crippen molar-refractivity contribution in [1.29, 1.82) is 0 Å². The highest BCUT2D eigenvalue weighted by molar-refractivity contribution is 7.95. The predicted molar refractivity (Wildman–Crippen MR) is 61.8 cm³/mol. The van der Waals surface area contributed by atoms with E-state index < -0.39 is 6.10 Å². The van der Waals surface area contributed by atoms with E-state index in [2.05, 4.69) is 0 Å². The second-order valence-electron chi connectivity index (χ2n) is 4.08. The Bertz CT molecular complexity index is 220. The van der Waals surface area contributed by atoms with Gasteiger partial charge in [-0.05, 0) is 30.5 Å². The fourth-order valence-corrected chi connectivity index (χ4v) is 2.49. The van der Waals surface area contributed by atoms with Gasteiger partial charge in [-0.1, -0.05) is 13.8 Å². The van der Waals surface area contributed by atoms with E-state index in [0.717, 1.165) is 24.2 Å². The van der Waals surface area contributed by atoms with Crippen LogP contribution in [0.3, 0.4) is 0 Å². The molecule has 0 radical (unpaired) electrons. The maximum Gasteiger partial charge on any atom is 0.337 e. The smallest absolute Gasteiger partial charge is 0.337 e. The molecular weight excluding hydrogens is 236 g/mol. The van der Waals surface area contributed by atoms with Crippen molar-refractivity contribution in [3.63, 3.8) is 0 Å². The molecule has 1 aliphatic heterocycles.